The van der Waals surface area contributed by atoms with Gasteiger partial charge in [-0.15, -0.1) is 0 Å². The first-order chi connectivity index (χ1) is 10.9. The van der Waals surface area contributed by atoms with Gasteiger partial charge in [-0.05, 0) is 33.8 Å². The summed E-state index contributed by atoms with van der Waals surface area (Å²) in [4.78, 5) is 0. The summed E-state index contributed by atoms with van der Waals surface area (Å²) >= 11 is 0. The maximum absolute atomic E-state index is 10.9. The van der Waals surface area contributed by atoms with Gasteiger partial charge in [0.15, 0.2) is 5.75 Å². The Morgan fingerprint density at radius 3 is 2.17 bits per heavy atom. The van der Waals surface area contributed by atoms with Crippen LogP contribution in [0, 0.1) is 6.92 Å². The lowest BCUT2D eigenvalue weighted by Crippen LogP contribution is -2.24. The van der Waals surface area contributed by atoms with Crippen LogP contribution in [0.1, 0.15) is 26.3 Å². The number of aromatic hydroxyl groups is 1. The van der Waals surface area contributed by atoms with Crippen LogP contribution in [0.25, 0.3) is 22.5 Å². The fourth-order valence-corrected chi connectivity index (χ4v) is 2.74. The Morgan fingerprint density at radius 1 is 0.913 bits per heavy atom. The van der Waals surface area contributed by atoms with E-state index in [1.54, 1.807) is 0 Å². The predicted molar refractivity (Wildman–Crippen MR) is 94.5 cm³/mol. The van der Waals surface area contributed by atoms with Gasteiger partial charge in [0, 0.05) is 11.1 Å². The van der Waals surface area contributed by atoms with Crippen LogP contribution in [0.2, 0.25) is 0 Å². The quantitative estimate of drug-likeness (QED) is 0.724. The van der Waals surface area contributed by atoms with Gasteiger partial charge in [0.25, 0.3) is 0 Å². The van der Waals surface area contributed by atoms with Crippen LogP contribution in [0.3, 0.4) is 0 Å². The molecule has 0 spiro atoms. The average molecular weight is 306 g/mol. The van der Waals surface area contributed by atoms with Crippen molar-refractivity contribution >= 4 is 0 Å². The summed E-state index contributed by atoms with van der Waals surface area (Å²) in [6.07, 6.45) is 0. The van der Waals surface area contributed by atoms with E-state index in [2.05, 4.69) is 39.8 Å². The first kappa shape index (κ1) is 15.3. The van der Waals surface area contributed by atoms with Crippen LogP contribution in [0.15, 0.2) is 54.6 Å². The molecule has 0 bridgehead atoms. The van der Waals surface area contributed by atoms with Crippen LogP contribution < -0.4 is 0 Å². The summed E-state index contributed by atoms with van der Waals surface area (Å²) in [6, 6.07) is 18.0. The third-order valence-electron chi connectivity index (χ3n) is 3.83. The van der Waals surface area contributed by atoms with E-state index in [4.69, 9.17) is 5.10 Å². The van der Waals surface area contributed by atoms with Gasteiger partial charge in [0.1, 0.15) is 11.4 Å². The molecule has 0 aliphatic carbocycles. The van der Waals surface area contributed by atoms with Gasteiger partial charge in [0.2, 0.25) is 0 Å². The zero-order valence-corrected chi connectivity index (χ0v) is 14.0. The molecule has 0 amide bonds. The molecule has 0 saturated carbocycles. The van der Waals surface area contributed by atoms with Crippen molar-refractivity contribution in [2.24, 2.45) is 0 Å². The van der Waals surface area contributed by atoms with Crippen LogP contribution in [-0.4, -0.2) is 14.9 Å². The molecule has 2 aromatic carbocycles. The third kappa shape index (κ3) is 2.87. The summed E-state index contributed by atoms with van der Waals surface area (Å²) in [7, 11) is 0. The molecule has 1 N–H and O–H groups in total. The lowest BCUT2D eigenvalue weighted by molar-refractivity contribution is 0.359. The van der Waals surface area contributed by atoms with E-state index >= 15 is 0 Å². The monoisotopic (exact) mass is 306 g/mol. The number of hydrogen-bond donors (Lipinski definition) is 1. The standard InChI is InChI=1S/C20H22N2O/c1-14-9-8-12-16(13-14)18-19(23)17(15-10-6-5-7-11-15)21-22(18)20(2,3)4/h5-13,23H,1-4H3. The summed E-state index contributed by atoms with van der Waals surface area (Å²) < 4.78 is 1.92. The topological polar surface area (TPSA) is 38.1 Å². The fourth-order valence-electron chi connectivity index (χ4n) is 2.74. The van der Waals surface area contributed by atoms with E-state index in [0.717, 1.165) is 22.4 Å². The molecule has 1 heterocycles. The molecular formula is C20H22N2O. The van der Waals surface area contributed by atoms with E-state index in [-0.39, 0.29) is 11.3 Å². The van der Waals surface area contributed by atoms with Crippen molar-refractivity contribution in [3.63, 3.8) is 0 Å². The van der Waals surface area contributed by atoms with Gasteiger partial charge >= 0.3 is 0 Å². The molecule has 0 aliphatic heterocycles. The highest BCUT2D eigenvalue weighted by Crippen LogP contribution is 2.40. The Hall–Kier alpha value is -2.55. The second-order valence-electron chi connectivity index (χ2n) is 6.86. The van der Waals surface area contributed by atoms with Gasteiger partial charge in [-0.1, -0.05) is 54.1 Å². The van der Waals surface area contributed by atoms with Crippen LogP contribution in [0.4, 0.5) is 0 Å². The Labute approximate surface area is 137 Å². The van der Waals surface area contributed by atoms with Crippen LogP contribution in [-0.2, 0) is 5.54 Å². The molecule has 0 atom stereocenters. The lowest BCUT2D eigenvalue weighted by Gasteiger charge is -2.22. The second-order valence-corrected chi connectivity index (χ2v) is 6.86. The number of benzene rings is 2. The van der Waals surface area contributed by atoms with Gasteiger partial charge in [-0.2, -0.15) is 5.10 Å². The largest absolute Gasteiger partial charge is 0.504 e. The van der Waals surface area contributed by atoms with Gasteiger partial charge in [-0.25, -0.2) is 0 Å². The van der Waals surface area contributed by atoms with Crippen molar-refractivity contribution in [1.82, 2.24) is 9.78 Å². The normalized spacial score (nSPS) is 11.7. The number of aromatic nitrogens is 2. The molecule has 3 heteroatoms. The zero-order chi connectivity index (χ0) is 16.6. The molecule has 3 nitrogen and oxygen atoms in total. The Bertz CT molecular complexity index is 827. The number of nitrogens with zero attached hydrogens (tertiary/aromatic N) is 2. The van der Waals surface area contributed by atoms with Crippen molar-refractivity contribution in [3.05, 3.63) is 60.2 Å². The third-order valence-corrected chi connectivity index (χ3v) is 3.83. The molecule has 0 saturated heterocycles. The number of hydrogen-bond acceptors (Lipinski definition) is 2. The summed E-state index contributed by atoms with van der Waals surface area (Å²) in [5, 5.41) is 15.6. The molecule has 3 rings (SSSR count). The minimum atomic E-state index is -0.233. The van der Waals surface area contributed by atoms with E-state index < -0.39 is 0 Å². The minimum absolute atomic E-state index is 0.233. The van der Waals surface area contributed by atoms with Crippen molar-refractivity contribution < 1.29 is 5.11 Å². The second kappa shape index (κ2) is 5.58. The maximum Gasteiger partial charge on any atom is 0.169 e. The van der Waals surface area contributed by atoms with Crippen molar-refractivity contribution in [3.8, 4) is 28.3 Å². The first-order valence-electron chi connectivity index (χ1n) is 7.83. The van der Waals surface area contributed by atoms with Crippen molar-refractivity contribution in [2.45, 2.75) is 33.2 Å². The molecule has 0 radical (unpaired) electrons. The lowest BCUT2D eigenvalue weighted by atomic mass is 10.0. The molecule has 23 heavy (non-hydrogen) atoms. The van der Waals surface area contributed by atoms with Gasteiger partial charge in [0.05, 0.1) is 5.54 Å². The van der Waals surface area contributed by atoms with Crippen LogP contribution in [0.5, 0.6) is 5.75 Å². The fraction of sp³-hybridized carbons (Fsp3) is 0.250. The SMILES string of the molecule is Cc1cccc(-c2c(O)c(-c3ccccc3)nn2C(C)(C)C)c1. The minimum Gasteiger partial charge on any atom is -0.504 e. The molecule has 0 aliphatic rings. The van der Waals surface area contributed by atoms with E-state index in [0.29, 0.717) is 5.69 Å². The number of aryl methyl sites for hydroxylation is 1. The molecule has 1 aromatic heterocycles. The zero-order valence-electron chi connectivity index (χ0n) is 14.0. The van der Waals surface area contributed by atoms with Gasteiger partial charge < -0.3 is 5.11 Å². The van der Waals surface area contributed by atoms with E-state index in [1.165, 1.54) is 0 Å². The Morgan fingerprint density at radius 2 is 1.57 bits per heavy atom. The average Bonchev–Trinajstić information content (AvgIpc) is 2.86. The van der Waals surface area contributed by atoms with Crippen LogP contribution >= 0.6 is 0 Å². The highest BCUT2D eigenvalue weighted by molar-refractivity contribution is 5.78. The van der Waals surface area contributed by atoms with Crippen molar-refractivity contribution in [1.29, 1.82) is 0 Å². The van der Waals surface area contributed by atoms with Gasteiger partial charge in [-0.3, -0.25) is 4.68 Å². The summed E-state index contributed by atoms with van der Waals surface area (Å²) in [6.45, 7) is 8.32. The molecule has 3 aromatic rings. The molecular weight excluding hydrogens is 284 g/mol. The van der Waals surface area contributed by atoms with Crippen molar-refractivity contribution in [2.75, 3.05) is 0 Å². The van der Waals surface area contributed by atoms with E-state index in [9.17, 15) is 5.11 Å². The molecule has 0 fully saturated rings. The Balaban J connectivity index is 2.28. The highest BCUT2D eigenvalue weighted by Gasteiger charge is 2.26. The molecule has 0 unspecified atom stereocenters. The summed E-state index contributed by atoms with van der Waals surface area (Å²) in [5.41, 5.74) is 4.21. The number of rotatable bonds is 2. The maximum atomic E-state index is 10.9. The smallest absolute Gasteiger partial charge is 0.169 e. The highest BCUT2D eigenvalue weighted by atomic mass is 16.3. The Kier molecular flexibility index (Phi) is 3.72. The first-order valence-corrected chi connectivity index (χ1v) is 7.83. The molecule has 118 valence electrons. The van der Waals surface area contributed by atoms with E-state index in [1.807, 2.05) is 47.1 Å². The summed E-state index contributed by atoms with van der Waals surface area (Å²) in [5.74, 6) is 0.233. The predicted octanol–water partition coefficient (Wildman–Crippen LogP) is 4.99.